The predicted octanol–water partition coefficient (Wildman–Crippen LogP) is 5.46. The fourth-order valence-electron chi connectivity index (χ4n) is 4.27. The molecule has 0 aliphatic carbocycles. The highest BCUT2D eigenvalue weighted by molar-refractivity contribution is 5.88. The number of hydrogen-bond donors (Lipinski definition) is 4. The zero-order valence-electron chi connectivity index (χ0n) is 23.9. The molecule has 0 fully saturated rings. The van der Waals surface area contributed by atoms with Crippen molar-refractivity contribution in [1.29, 1.82) is 0 Å². The first-order chi connectivity index (χ1) is 19.0. The second-order valence-electron chi connectivity index (χ2n) is 10.0. The molecule has 4 N–H and O–H groups in total. The number of carbonyl (C=O) groups is 2. The van der Waals surface area contributed by atoms with Gasteiger partial charge in [0.15, 0.2) is 0 Å². The molecule has 0 bridgehead atoms. The van der Waals surface area contributed by atoms with Crippen LogP contribution in [0.2, 0.25) is 0 Å². The zero-order chi connectivity index (χ0) is 29.4. The van der Waals surface area contributed by atoms with E-state index in [0.29, 0.717) is 30.3 Å². The van der Waals surface area contributed by atoms with Gasteiger partial charge in [-0.05, 0) is 93.8 Å². The van der Waals surface area contributed by atoms with Gasteiger partial charge in [0, 0.05) is 43.0 Å². The lowest BCUT2D eigenvalue weighted by Gasteiger charge is -2.27. The van der Waals surface area contributed by atoms with Crippen LogP contribution in [-0.4, -0.2) is 45.9 Å². The van der Waals surface area contributed by atoms with Crippen LogP contribution in [0.25, 0.3) is 0 Å². The highest BCUT2D eigenvalue weighted by Crippen LogP contribution is 2.34. The van der Waals surface area contributed by atoms with E-state index in [4.69, 9.17) is 9.47 Å². The molecule has 0 radical (unpaired) electrons. The average Bonchev–Trinajstić information content (AvgIpc) is 2.88. The smallest absolute Gasteiger partial charge is 0.356 e. The van der Waals surface area contributed by atoms with Crippen LogP contribution in [0, 0.1) is 13.8 Å². The summed E-state index contributed by atoms with van der Waals surface area (Å²) in [6, 6.07) is 16.7. The molecule has 0 aliphatic rings. The lowest BCUT2D eigenvalue weighted by Crippen LogP contribution is -2.30. The Morgan fingerprint density at radius 3 is 2.17 bits per heavy atom. The molecule has 40 heavy (non-hydrogen) atoms. The molecule has 3 aromatic rings. The molecule has 0 heterocycles. The highest BCUT2D eigenvalue weighted by atomic mass is 16.5. The van der Waals surface area contributed by atoms with Crippen molar-refractivity contribution in [3.05, 3.63) is 76.9 Å². The fourth-order valence-corrected chi connectivity index (χ4v) is 4.27. The number of benzene rings is 3. The minimum atomic E-state index is -1.47. The van der Waals surface area contributed by atoms with Crippen LogP contribution in [0.3, 0.4) is 0 Å². The van der Waals surface area contributed by atoms with Gasteiger partial charge in [0.05, 0.1) is 6.61 Å². The summed E-state index contributed by atoms with van der Waals surface area (Å²) in [6.07, 6.45) is -1.47. The molecule has 3 rings (SSSR count). The summed E-state index contributed by atoms with van der Waals surface area (Å²) in [4.78, 5) is 25.3. The summed E-state index contributed by atoms with van der Waals surface area (Å²) in [7, 11) is 0. The monoisotopic (exact) mass is 549 g/mol. The maximum Gasteiger partial charge on any atom is 0.356 e. The third-order valence-electron chi connectivity index (χ3n) is 6.31. The van der Waals surface area contributed by atoms with Crippen molar-refractivity contribution in [2.24, 2.45) is 0 Å². The number of rotatable bonds is 12. The normalized spacial score (nSPS) is 11.8. The minimum Gasteiger partial charge on any atom is -0.508 e. The van der Waals surface area contributed by atoms with Gasteiger partial charge in [0.2, 0.25) is 12.1 Å². The molecular formula is C31H39N3O6. The number of ether oxygens (including phenoxy) is 2. The van der Waals surface area contributed by atoms with Crippen molar-refractivity contribution < 1.29 is 29.3 Å². The summed E-state index contributed by atoms with van der Waals surface area (Å²) in [5, 5.41) is 26.2. The SMILES string of the molecule is CCOC(=O)C(O)Nc1cc(C)c(Oc2ccc(O)c(CN(Cc3ccc(NC(C)=O)cc3)C(C)C)c2)c(C)c1. The number of anilines is 2. The van der Waals surface area contributed by atoms with E-state index in [-0.39, 0.29) is 24.3 Å². The number of esters is 1. The number of phenolic OH excluding ortho intramolecular Hbond substituents is 1. The van der Waals surface area contributed by atoms with Crippen molar-refractivity contribution in [2.75, 3.05) is 17.2 Å². The molecule has 0 aliphatic heterocycles. The Morgan fingerprint density at radius 2 is 1.60 bits per heavy atom. The number of hydrogen-bond acceptors (Lipinski definition) is 8. The van der Waals surface area contributed by atoms with E-state index in [1.807, 2.05) is 44.2 Å². The quantitative estimate of drug-likeness (QED) is 0.174. The topological polar surface area (TPSA) is 120 Å². The first-order valence-electron chi connectivity index (χ1n) is 13.3. The van der Waals surface area contributed by atoms with E-state index < -0.39 is 12.2 Å². The zero-order valence-corrected chi connectivity index (χ0v) is 23.9. The number of carbonyl (C=O) groups excluding carboxylic acids is 2. The first kappa shape index (κ1) is 30.5. The van der Waals surface area contributed by atoms with E-state index in [9.17, 15) is 19.8 Å². The number of aromatic hydroxyl groups is 1. The summed E-state index contributed by atoms with van der Waals surface area (Å²) >= 11 is 0. The predicted molar refractivity (Wildman–Crippen MR) is 155 cm³/mol. The fraction of sp³-hybridized carbons (Fsp3) is 0.355. The minimum absolute atomic E-state index is 0.111. The lowest BCUT2D eigenvalue weighted by molar-refractivity contribution is -0.151. The summed E-state index contributed by atoms with van der Waals surface area (Å²) in [6.45, 7) is 12.5. The Balaban J connectivity index is 1.75. The molecule has 0 spiro atoms. The third kappa shape index (κ3) is 8.46. The summed E-state index contributed by atoms with van der Waals surface area (Å²) < 4.78 is 11.1. The second-order valence-corrected chi connectivity index (χ2v) is 10.0. The average molecular weight is 550 g/mol. The second kappa shape index (κ2) is 13.8. The maximum atomic E-state index is 11.8. The molecule has 3 aromatic carbocycles. The Labute approximate surface area is 235 Å². The number of aryl methyl sites for hydroxylation is 2. The molecule has 0 saturated carbocycles. The molecule has 1 unspecified atom stereocenters. The van der Waals surface area contributed by atoms with Gasteiger partial charge in [-0.2, -0.15) is 0 Å². The Hall–Kier alpha value is -4.08. The van der Waals surface area contributed by atoms with Gasteiger partial charge in [0.25, 0.3) is 0 Å². The number of aliphatic hydroxyl groups excluding tert-OH is 1. The largest absolute Gasteiger partial charge is 0.508 e. The number of amides is 1. The van der Waals surface area contributed by atoms with Gasteiger partial charge in [-0.15, -0.1) is 0 Å². The lowest BCUT2D eigenvalue weighted by atomic mass is 10.1. The first-order valence-corrected chi connectivity index (χ1v) is 13.3. The summed E-state index contributed by atoms with van der Waals surface area (Å²) in [5.74, 6) is 0.550. The van der Waals surface area contributed by atoms with Crippen LogP contribution >= 0.6 is 0 Å². The highest BCUT2D eigenvalue weighted by Gasteiger charge is 2.18. The number of nitrogens with zero attached hydrogens (tertiary/aromatic N) is 1. The van der Waals surface area contributed by atoms with Gasteiger partial charge >= 0.3 is 5.97 Å². The van der Waals surface area contributed by atoms with Gasteiger partial charge in [0.1, 0.15) is 17.2 Å². The Morgan fingerprint density at radius 1 is 0.950 bits per heavy atom. The van der Waals surface area contributed by atoms with Gasteiger partial charge in [-0.1, -0.05) is 12.1 Å². The number of aliphatic hydroxyl groups is 1. The third-order valence-corrected chi connectivity index (χ3v) is 6.31. The molecule has 1 amide bonds. The molecule has 214 valence electrons. The van der Waals surface area contributed by atoms with Crippen LogP contribution in [0.4, 0.5) is 11.4 Å². The van der Waals surface area contributed by atoms with Crippen LogP contribution < -0.4 is 15.4 Å². The maximum absolute atomic E-state index is 11.8. The molecule has 9 heteroatoms. The van der Waals surface area contributed by atoms with E-state index in [1.165, 1.54) is 6.92 Å². The molecule has 9 nitrogen and oxygen atoms in total. The Kier molecular flexibility index (Phi) is 10.5. The molecule has 0 saturated heterocycles. The van der Waals surface area contributed by atoms with Crippen LogP contribution in [-0.2, 0) is 27.4 Å². The van der Waals surface area contributed by atoms with E-state index in [1.54, 1.807) is 31.2 Å². The molecule has 0 aromatic heterocycles. The van der Waals surface area contributed by atoms with E-state index in [2.05, 4.69) is 29.4 Å². The number of phenols is 1. The van der Waals surface area contributed by atoms with Crippen molar-refractivity contribution in [2.45, 2.75) is 66.9 Å². The van der Waals surface area contributed by atoms with Crippen LogP contribution in [0.5, 0.6) is 17.2 Å². The van der Waals surface area contributed by atoms with Crippen molar-refractivity contribution >= 4 is 23.3 Å². The van der Waals surface area contributed by atoms with Crippen molar-refractivity contribution in [3.63, 3.8) is 0 Å². The van der Waals surface area contributed by atoms with Crippen molar-refractivity contribution in [3.8, 4) is 17.2 Å². The summed E-state index contributed by atoms with van der Waals surface area (Å²) in [5.41, 5.74) is 4.74. The van der Waals surface area contributed by atoms with Crippen LogP contribution in [0.15, 0.2) is 54.6 Å². The van der Waals surface area contributed by atoms with Gasteiger partial charge in [-0.25, -0.2) is 4.79 Å². The molecular weight excluding hydrogens is 510 g/mol. The van der Waals surface area contributed by atoms with Gasteiger partial charge in [-0.3, -0.25) is 9.69 Å². The van der Waals surface area contributed by atoms with Crippen molar-refractivity contribution in [1.82, 2.24) is 4.90 Å². The Bertz CT molecular complexity index is 1300. The van der Waals surface area contributed by atoms with Gasteiger partial charge < -0.3 is 30.3 Å². The number of nitrogens with one attached hydrogen (secondary N) is 2. The van der Waals surface area contributed by atoms with E-state index in [0.717, 1.165) is 27.9 Å². The van der Waals surface area contributed by atoms with E-state index >= 15 is 0 Å². The van der Waals surface area contributed by atoms with Crippen LogP contribution in [0.1, 0.15) is 49.9 Å². The molecule has 1 atom stereocenters. The standard InChI is InChI=1S/C31H39N3O6/c1-7-39-31(38)30(37)33-26-14-20(4)29(21(5)15-26)40-27-12-13-28(36)24(16-27)18-34(19(2)3)17-23-8-10-25(11-9-23)32-22(6)35/h8-16,19,30,33,36-37H,7,17-18H2,1-6H3,(H,32,35).